The molecule has 1 saturated heterocycles. The van der Waals surface area contributed by atoms with Crippen molar-refractivity contribution >= 4 is 0 Å². The van der Waals surface area contributed by atoms with Gasteiger partial charge in [-0.05, 0) is 33.1 Å². The van der Waals surface area contributed by atoms with Crippen molar-refractivity contribution in [2.45, 2.75) is 57.3 Å². The number of hydrogen-bond donors (Lipinski definition) is 0. The zero-order chi connectivity index (χ0) is 10.6. The zero-order valence-corrected chi connectivity index (χ0v) is 9.25. The monoisotopic (exact) mass is 197 g/mol. The highest BCUT2D eigenvalue weighted by atomic mass is 16.5. The van der Waals surface area contributed by atoms with Crippen molar-refractivity contribution in [2.24, 2.45) is 0 Å². The summed E-state index contributed by atoms with van der Waals surface area (Å²) in [5.74, 6) is 0. The van der Waals surface area contributed by atoms with E-state index >= 15 is 0 Å². The topological polar surface area (TPSA) is 42.2 Å². The Balaban J connectivity index is 2.52. The minimum Gasteiger partial charge on any atom is -0.376 e. The van der Waals surface area contributed by atoms with Gasteiger partial charge < -0.3 is 9.47 Å². The van der Waals surface area contributed by atoms with Gasteiger partial charge in [-0.2, -0.15) is 5.26 Å². The first kappa shape index (κ1) is 11.5. The Morgan fingerprint density at radius 3 is 2.79 bits per heavy atom. The fraction of sp³-hybridized carbons (Fsp3) is 0.909. The van der Waals surface area contributed by atoms with Gasteiger partial charge in [-0.15, -0.1) is 0 Å². The minimum absolute atomic E-state index is 0.105. The molecular weight excluding hydrogens is 178 g/mol. The predicted octanol–water partition coefficient (Wildman–Crippen LogP) is 2.26. The molecule has 0 amide bonds. The first-order chi connectivity index (χ1) is 6.60. The minimum atomic E-state index is -0.242. The zero-order valence-electron chi connectivity index (χ0n) is 9.25. The molecule has 14 heavy (non-hydrogen) atoms. The lowest BCUT2D eigenvalue weighted by Crippen LogP contribution is -2.44. The number of nitrogens with zero attached hydrogens (tertiary/aromatic N) is 1. The molecule has 0 spiro atoms. The van der Waals surface area contributed by atoms with Crippen LogP contribution in [0.1, 0.15) is 39.5 Å². The molecule has 0 bridgehead atoms. The number of hydrogen-bond acceptors (Lipinski definition) is 3. The van der Waals surface area contributed by atoms with Crippen LogP contribution < -0.4 is 0 Å². The molecule has 2 atom stereocenters. The van der Waals surface area contributed by atoms with Gasteiger partial charge in [0, 0.05) is 7.11 Å². The molecule has 0 aromatic heterocycles. The average Bonchev–Trinajstić information content (AvgIpc) is 2.19. The quantitative estimate of drug-likeness (QED) is 0.697. The van der Waals surface area contributed by atoms with E-state index in [1.165, 1.54) is 0 Å². The van der Waals surface area contributed by atoms with Gasteiger partial charge in [-0.1, -0.05) is 0 Å². The molecule has 1 rings (SSSR count). The third-order valence-corrected chi connectivity index (χ3v) is 2.97. The molecular formula is C11H19NO2. The van der Waals surface area contributed by atoms with Gasteiger partial charge in [0.05, 0.1) is 30.3 Å². The number of rotatable bonds is 3. The highest BCUT2D eigenvalue weighted by Crippen LogP contribution is 2.29. The highest BCUT2D eigenvalue weighted by molar-refractivity contribution is 4.87. The second kappa shape index (κ2) is 4.77. The molecule has 1 heterocycles. The fourth-order valence-corrected chi connectivity index (χ4v) is 1.79. The Hall–Kier alpha value is -0.590. The maximum Gasteiger partial charge on any atom is 0.0883 e. The summed E-state index contributed by atoms with van der Waals surface area (Å²) in [5, 5.41) is 8.60. The van der Waals surface area contributed by atoms with E-state index in [0.29, 0.717) is 6.42 Å². The summed E-state index contributed by atoms with van der Waals surface area (Å²) in [4.78, 5) is 0. The maximum atomic E-state index is 8.60. The molecule has 80 valence electrons. The van der Waals surface area contributed by atoms with Gasteiger partial charge in [0.2, 0.25) is 0 Å². The van der Waals surface area contributed by atoms with Crippen LogP contribution in [0.25, 0.3) is 0 Å². The molecule has 0 aromatic rings. The third-order valence-electron chi connectivity index (χ3n) is 2.97. The first-order valence-electron chi connectivity index (χ1n) is 5.17. The Kier molecular flexibility index (Phi) is 3.91. The predicted molar refractivity (Wildman–Crippen MR) is 53.8 cm³/mol. The summed E-state index contributed by atoms with van der Waals surface area (Å²) in [6, 6.07) is 2.16. The average molecular weight is 197 g/mol. The first-order valence-corrected chi connectivity index (χ1v) is 5.17. The summed E-state index contributed by atoms with van der Waals surface area (Å²) in [5.41, 5.74) is -0.242. The van der Waals surface area contributed by atoms with Crippen LogP contribution in [0.15, 0.2) is 0 Å². The van der Waals surface area contributed by atoms with Crippen LogP contribution in [0.5, 0.6) is 0 Å². The highest BCUT2D eigenvalue weighted by Gasteiger charge is 2.34. The molecule has 0 N–H and O–H groups in total. The van der Waals surface area contributed by atoms with Crippen molar-refractivity contribution in [3.8, 4) is 6.07 Å². The molecule has 3 nitrogen and oxygen atoms in total. The van der Waals surface area contributed by atoms with Crippen molar-refractivity contribution in [2.75, 3.05) is 7.11 Å². The number of ether oxygens (including phenoxy) is 2. The summed E-state index contributed by atoms with van der Waals surface area (Å²) < 4.78 is 11.2. The van der Waals surface area contributed by atoms with E-state index in [1.807, 2.05) is 13.8 Å². The molecule has 0 aromatic carbocycles. The van der Waals surface area contributed by atoms with E-state index in [2.05, 4.69) is 6.07 Å². The van der Waals surface area contributed by atoms with Crippen molar-refractivity contribution in [3.63, 3.8) is 0 Å². The van der Waals surface area contributed by atoms with Crippen LogP contribution >= 0.6 is 0 Å². The van der Waals surface area contributed by atoms with Crippen LogP contribution in [-0.2, 0) is 9.47 Å². The van der Waals surface area contributed by atoms with Gasteiger partial charge in [0.15, 0.2) is 0 Å². The van der Waals surface area contributed by atoms with E-state index < -0.39 is 0 Å². The van der Waals surface area contributed by atoms with E-state index in [1.54, 1.807) is 7.11 Å². The van der Waals surface area contributed by atoms with E-state index in [0.717, 1.165) is 19.3 Å². The standard InChI is InChI=1S/C11H19NO2/c1-11(2,13-3)10-6-4-5-9(14-10)7-8-12/h9-10H,4-7H2,1-3H3. The van der Waals surface area contributed by atoms with Crippen LogP contribution in [0.4, 0.5) is 0 Å². The van der Waals surface area contributed by atoms with Crippen molar-refractivity contribution in [3.05, 3.63) is 0 Å². The second-order valence-electron chi connectivity index (χ2n) is 4.35. The van der Waals surface area contributed by atoms with Crippen molar-refractivity contribution in [1.29, 1.82) is 5.26 Å². The maximum absolute atomic E-state index is 8.60. The summed E-state index contributed by atoms with van der Waals surface area (Å²) >= 11 is 0. The summed E-state index contributed by atoms with van der Waals surface area (Å²) in [6.45, 7) is 4.07. The number of nitriles is 1. The SMILES string of the molecule is COC(C)(C)C1CCCC(CC#N)O1. The van der Waals surface area contributed by atoms with E-state index in [-0.39, 0.29) is 17.8 Å². The van der Waals surface area contributed by atoms with Crippen LogP contribution in [-0.4, -0.2) is 24.9 Å². The molecule has 0 radical (unpaired) electrons. The lowest BCUT2D eigenvalue weighted by atomic mass is 9.92. The molecule has 1 fully saturated rings. The van der Waals surface area contributed by atoms with Crippen LogP contribution in [0.3, 0.4) is 0 Å². The molecule has 3 heteroatoms. The van der Waals surface area contributed by atoms with Gasteiger partial charge in [0.1, 0.15) is 0 Å². The largest absolute Gasteiger partial charge is 0.376 e. The molecule has 2 unspecified atom stereocenters. The van der Waals surface area contributed by atoms with Gasteiger partial charge in [-0.25, -0.2) is 0 Å². The van der Waals surface area contributed by atoms with Crippen LogP contribution in [0, 0.1) is 11.3 Å². The van der Waals surface area contributed by atoms with Crippen molar-refractivity contribution in [1.82, 2.24) is 0 Å². The number of methoxy groups -OCH3 is 1. The lowest BCUT2D eigenvalue weighted by Gasteiger charge is -2.38. The Labute approximate surface area is 86.0 Å². The van der Waals surface area contributed by atoms with Crippen molar-refractivity contribution < 1.29 is 9.47 Å². The fourth-order valence-electron chi connectivity index (χ4n) is 1.79. The Morgan fingerprint density at radius 2 is 2.21 bits per heavy atom. The molecule has 0 aliphatic carbocycles. The van der Waals surface area contributed by atoms with Gasteiger partial charge >= 0.3 is 0 Å². The Morgan fingerprint density at radius 1 is 1.50 bits per heavy atom. The smallest absolute Gasteiger partial charge is 0.0883 e. The second-order valence-corrected chi connectivity index (χ2v) is 4.35. The Bertz CT molecular complexity index is 220. The van der Waals surface area contributed by atoms with Gasteiger partial charge in [0.25, 0.3) is 0 Å². The van der Waals surface area contributed by atoms with E-state index in [9.17, 15) is 0 Å². The molecule has 1 aliphatic heterocycles. The normalized spacial score (nSPS) is 28.4. The summed E-state index contributed by atoms with van der Waals surface area (Å²) in [7, 11) is 1.71. The van der Waals surface area contributed by atoms with Gasteiger partial charge in [-0.3, -0.25) is 0 Å². The third kappa shape index (κ3) is 2.70. The lowest BCUT2D eigenvalue weighted by molar-refractivity contribution is -0.153. The molecule has 0 saturated carbocycles. The van der Waals surface area contributed by atoms with E-state index in [4.69, 9.17) is 14.7 Å². The summed E-state index contributed by atoms with van der Waals surface area (Å²) in [6.07, 6.45) is 3.89. The van der Waals surface area contributed by atoms with Crippen LogP contribution in [0.2, 0.25) is 0 Å². The molecule has 1 aliphatic rings.